The van der Waals surface area contributed by atoms with E-state index in [9.17, 15) is 9.59 Å². The molecular weight excluding hydrogens is 402 g/mol. The van der Waals surface area contributed by atoms with Crippen molar-refractivity contribution in [3.63, 3.8) is 0 Å². The van der Waals surface area contributed by atoms with Gasteiger partial charge in [-0.05, 0) is 42.7 Å². The van der Waals surface area contributed by atoms with Crippen molar-refractivity contribution in [2.45, 2.75) is 44.2 Å². The Morgan fingerprint density at radius 3 is 2.33 bits per heavy atom. The van der Waals surface area contributed by atoms with Crippen molar-refractivity contribution < 1.29 is 14.0 Å². The molecule has 0 unspecified atom stereocenters. The van der Waals surface area contributed by atoms with E-state index in [-0.39, 0.29) is 23.9 Å². The molecule has 7 heteroatoms. The maximum absolute atomic E-state index is 13.3. The Balaban J connectivity index is 1.46. The van der Waals surface area contributed by atoms with Gasteiger partial charge in [0.1, 0.15) is 6.04 Å². The first-order valence-electron chi connectivity index (χ1n) is 10.7. The van der Waals surface area contributed by atoms with E-state index >= 15 is 0 Å². The second kappa shape index (κ2) is 9.67. The summed E-state index contributed by atoms with van der Waals surface area (Å²) >= 11 is 6.07. The van der Waals surface area contributed by atoms with Crippen molar-refractivity contribution in [2.24, 2.45) is 0 Å². The molecule has 0 spiro atoms. The molecule has 1 aliphatic heterocycles. The summed E-state index contributed by atoms with van der Waals surface area (Å²) < 4.78 is 5.24. The van der Waals surface area contributed by atoms with Gasteiger partial charge in [0.15, 0.2) is 5.76 Å². The third-order valence-corrected chi connectivity index (χ3v) is 6.34. The molecule has 160 valence electrons. The lowest BCUT2D eigenvalue weighted by Gasteiger charge is -2.39. The third-order valence-electron chi connectivity index (χ3n) is 6.08. The fraction of sp³-hybridized carbons (Fsp3) is 0.478. The highest BCUT2D eigenvalue weighted by atomic mass is 35.5. The molecule has 1 aromatic carbocycles. The topological polar surface area (TPSA) is 65.8 Å². The van der Waals surface area contributed by atoms with Crippen LogP contribution in [0.25, 0.3) is 0 Å². The first-order valence-corrected chi connectivity index (χ1v) is 11.1. The number of carbonyl (C=O) groups excluding carboxylic acids is 2. The zero-order chi connectivity index (χ0) is 20.9. The maximum Gasteiger partial charge on any atom is 0.289 e. The SMILES string of the molecule is O=C(NC1CCCCC1)[C@H](c1ccc(Cl)cc1)N1CCN(C(=O)c2ccco2)CC1. The molecule has 6 nitrogen and oxygen atoms in total. The summed E-state index contributed by atoms with van der Waals surface area (Å²) in [5, 5.41) is 3.93. The molecule has 1 aromatic heterocycles. The number of carbonyl (C=O) groups is 2. The summed E-state index contributed by atoms with van der Waals surface area (Å²) in [7, 11) is 0. The van der Waals surface area contributed by atoms with Gasteiger partial charge >= 0.3 is 0 Å². The minimum absolute atomic E-state index is 0.0371. The molecule has 2 fully saturated rings. The van der Waals surface area contributed by atoms with Crippen molar-refractivity contribution in [1.29, 1.82) is 0 Å². The van der Waals surface area contributed by atoms with Gasteiger partial charge in [0.25, 0.3) is 5.91 Å². The lowest BCUT2D eigenvalue weighted by Crippen LogP contribution is -2.53. The molecule has 2 amide bonds. The second-order valence-electron chi connectivity index (χ2n) is 8.10. The first-order chi connectivity index (χ1) is 14.6. The molecular formula is C23H28ClN3O3. The lowest BCUT2D eigenvalue weighted by atomic mass is 9.94. The monoisotopic (exact) mass is 429 g/mol. The van der Waals surface area contributed by atoms with Crippen molar-refractivity contribution >= 4 is 23.4 Å². The predicted molar refractivity (Wildman–Crippen MR) is 115 cm³/mol. The van der Waals surface area contributed by atoms with E-state index in [1.54, 1.807) is 17.0 Å². The number of hydrogen-bond donors (Lipinski definition) is 1. The molecule has 1 saturated carbocycles. The van der Waals surface area contributed by atoms with Crippen LogP contribution in [0.15, 0.2) is 47.1 Å². The van der Waals surface area contributed by atoms with E-state index in [1.165, 1.54) is 25.5 Å². The van der Waals surface area contributed by atoms with Crippen LogP contribution in [0.2, 0.25) is 5.02 Å². The van der Waals surface area contributed by atoms with Crippen LogP contribution in [0.3, 0.4) is 0 Å². The first kappa shape index (κ1) is 20.9. The second-order valence-corrected chi connectivity index (χ2v) is 8.54. The number of hydrogen-bond acceptors (Lipinski definition) is 4. The predicted octanol–water partition coefficient (Wildman–Crippen LogP) is 3.88. The van der Waals surface area contributed by atoms with E-state index in [4.69, 9.17) is 16.0 Å². The van der Waals surface area contributed by atoms with Crippen molar-refractivity contribution in [1.82, 2.24) is 15.1 Å². The number of halogens is 1. The fourth-order valence-electron chi connectivity index (χ4n) is 4.44. The summed E-state index contributed by atoms with van der Waals surface area (Å²) in [5.41, 5.74) is 0.929. The Kier molecular flexibility index (Phi) is 6.75. The zero-order valence-corrected chi connectivity index (χ0v) is 17.8. The highest BCUT2D eigenvalue weighted by Gasteiger charge is 2.33. The Bertz CT molecular complexity index is 839. The van der Waals surface area contributed by atoms with Crippen LogP contribution >= 0.6 is 11.6 Å². The summed E-state index contributed by atoms with van der Waals surface area (Å²) in [6.07, 6.45) is 7.19. The molecule has 2 aromatic rings. The third kappa shape index (κ3) is 4.87. The number of amides is 2. The van der Waals surface area contributed by atoms with E-state index < -0.39 is 0 Å². The van der Waals surface area contributed by atoms with Gasteiger partial charge in [0.2, 0.25) is 5.91 Å². The van der Waals surface area contributed by atoms with Crippen LogP contribution in [-0.2, 0) is 4.79 Å². The highest BCUT2D eigenvalue weighted by molar-refractivity contribution is 6.30. The molecule has 4 rings (SSSR count). The van der Waals surface area contributed by atoms with Gasteiger partial charge < -0.3 is 14.6 Å². The molecule has 1 N–H and O–H groups in total. The summed E-state index contributed by atoms with van der Waals surface area (Å²) in [5.74, 6) is 0.289. The molecule has 1 atom stereocenters. The molecule has 30 heavy (non-hydrogen) atoms. The molecule has 0 bridgehead atoms. The van der Waals surface area contributed by atoms with E-state index in [2.05, 4.69) is 10.2 Å². The van der Waals surface area contributed by atoms with Gasteiger partial charge in [0, 0.05) is 37.2 Å². The van der Waals surface area contributed by atoms with E-state index in [0.29, 0.717) is 37.0 Å². The maximum atomic E-state index is 13.3. The molecule has 2 heterocycles. The minimum Gasteiger partial charge on any atom is -0.459 e. The van der Waals surface area contributed by atoms with Crippen LogP contribution in [-0.4, -0.2) is 53.8 Å². The molecule has 0 radical (unpaired) electrons. The average Bonchev–Trinajstić information content (AvgIpc) is 3.31. The molecule has 1 aliphatic carbocycles. The van der Waals surface area contributed by atoms with Crippen LogP contribution in [0.5, 0.6) is 0 Å². The number of piperazine rings is 1. The standard InChI is InChI=1S/C23H28ClN3O3/c24-18-10-8-17(9-11-18)21(22(28)25-19-5-2-1-3-6-19)26-12-14-27(15-13-26)23(29)20-7-4-16-30-20/h4,7-11,16,19,21H,1-3,5-6,12-15H2,(H,25,28)/t21-/m0/s1. The molecule has 2 aliphatic rings. The number of nitrogens with zero attached hydrogens (tertiary/aromatic N) is 2. The van der Waals surface area contributed by atoms with Gasteiger partial charge in [-0.2, -0.15) is 0 Å². The molecule has 1 saturated heterocycles. The lowest BCUT2D eigenvalue weighted by molar-refractivity contribution is -0.128. The number of nitrogens with one attached hydrogen (secondary N) is 1. The van der Waals surface area contributed by atoms with Gasteiger partial charge in [-0.3, -0.25) is 14.5 Å². The summed E-state index contributed by atoms with van der Waals surface area (Å²) in [6, 6.07) is 10.8. The van der Waals surface area contributed by atoms with Gasteiger partial charge in [-0.15, -0.1) is 0 Å². The average molecular weight is 430 g/mol. The van der Waals surface area contributed by atoms with Crippen LogP contribution < -0.4 is 5.32 Å². The van der Waals surface area contributed by atoms with Crippen molar-refractivity contribution in [3.8, 4) is 0 Å². The number of rotatable bonds is 5. The number of furan rings is 1. The Morgan fingerprint density at radius 2 is 1.70 bits per heavy atom. The van der Waals surface area contributed by atoms with E-state index in [1.807, 2.05) is 24.3 Å². The minimum atomic E-state index is -0.384. The summed E-state index contributed by atoms with van der Waals surface area (Å²) in [4.78, 5) is 29.8. The van der Waals surface area contributed by atoms with Crippen LogP contribution in [0.4, 0.5) is 0 Å². The van der Waals surface area contributed by atoms with Crippen LogP contribution in [0.1, 0.15) is 54.3 Å². The van der Waals surface area contributed by atoms with E-state index in [0.717, 1.165) is 18.4 Å². The highest BCUT2D eigenvalue weighted by Crippen LogP contribution is 2.26. The Hall–Kier alpha value is -2.31. The van der Waals surface area contributed by atoms with Gasteiger partial charge in [0.05, 0.1) is 6.26 Å². The van der Waals surface area contributed by atoms with Crippen LogP contribution in [0, 0.1) is 0 Å². The van der Waals surface area contributed by atoms with Crippen molar-refractivity contribution in [3.05, 3.63) is 59.0 Å². The summed E-state index contributed by atoms with van der Waals surface area (Å²) in [6.45, 7) is 2.36. The Labute approximate surface area is 182 Å². The zero-order valence-electron chi connectivity index (χ0n) is 17.1. The normalized spacial score (nSPS) is 19.4. The van der Waals surface area contributed by atoms with Crippen molar-refractivity contribution in [2.75, 3.05) is 26.2 Å². The quantitative estimate of drug-likeness (QED) is 0.783. The largest absolute Gasteiger partial charge is 0.459 e. The van der Waals surface area contributed by atoms with Gasteiger partial charge in [-0.25, -0.2) is 0 Å². The fourth-order valence-corrected chi connectivity index (χ4v) is 4.57. The van der Waals surface area contributed by atoms with Gasteiger partial charge in [-0.1, -0.05) is 43.0 Å². The number of benzene rings is 1. The Morgan fingerprint density at radius 1 is 1.00 bits per heavy atom. The smallest absolute Gasteiger partial charge is 0.289 e.